The van der Waals surface area contributed by atoms with Gasteiger partial charge in [-0.25, -0.2) is 0 Å². The lowest BCUT2D eigenvalue weighted by Gasteiger charge is -2.27. The van der Waals surface area contributed by atoms with Crippen LogP contribution in [0.3, 0.4) is 0 Å². The van der Waals surface area contributed by atoms with Crippen LogP contribution in [0.25, 0.3) is 0 Å². The summed E-state index contributed by atoms with van der Waals surface area (Å²) in [5.74, 6) is -0.349. The fourth-order valence-corrected chi connectivity index (χ4v) is 1.93. The van der Waals surface area contributed by atoms with Crippen molar-refractivity contribution >= 4 is 5.91 Å². The van der Waals surface area contributed by atoms with Crippen LogP contribution in [0, 0.1) is 0 Å². The Morgan fingerprint density at radius 1 is 1.05 bits per heavy atom. The molecule has 0 saturated heterocycles. The zero-order chi connectivity index (χ0) is 14.8. The molecule has 0 aliphatic heterocycles. The molecule has 1 aromatic rings. The molecule has 1 amide bonds. The van der Waals surface area contributed by atoms with Crippen LogP contribution in [0.2, 0.25) is 0 Å². The second-order valence-electron chi connectivity index (χ2n) is 7.10. The number of carbonyl (C=O) groups is 1. The molecule has 0 saturated carbocycles. The summed E-state index contributed by atoms with van der Waals surface area (Å²) in [6, 6.07) is 7.64. The van der Waals surface area contributed by atoms with Gasteiger partial charge in [0.2, 0.25) is 5.91 Å². The van der Waals surface area contributed by atoms with Crippen LogP contribution in [0.15, 0.2) is 24.3 Å². The Bertz CT molecular complexity index is 435. The summed E-state index contributed by atoms with van der Waals surface area (Å²) in [4.78, 5) is 11.6. The van der Waals surface area contributed by atoms with Gasteiger partial charge in [-0.15, -0.1) is 0 Å². The Morgan fingerprint density at radius 3 is 1.84 bits per heavy atom. The van der Waals surface area contributed by atoms with E-state index in [0.29, 0.717) is 0 Å². The molecule has 19 heavy (non-hydrogen) atoms. The molecule has 0 bridgehead atoms. The van der Waals surface area contributed by atoms with Gasteiger partial charge in [-0.1, -0.05) is 45.0 Å². The van der Waals surface area contributed by atoms with Crippen molar-refractivity contribution in [3.63, 3.8) is 0 Å². The van der Waals surface area contributed by atoms with Gasteiger partial charge < -0.3 is 5.73 Å². The SMILES string of the molecule is CC(C)(C)NC(C(N)=O)c1ccc(C(C)(C)C)cc1. The number of carbonyl (C=O) groups excluding carboxylic acids is 1. The van der Waals surface area contributed by atoms with Crippen molar-refractivity contribution < 1.29 is 4.79 Å². The van der Waals surface area contributed by atoms with E-state index in [1.807, 2.05) is 32.9 Å². The molecule has 1 unspecified atom stereocenters. The highest BCUT2D eigenvalue weighted by Gasteiger charge is 2.24. The van der Waals surface area contributed by atoms with Gasteiger partial charge in [-0.2, -0.15) is 0 Å². The number of rotatable bonds is 3. The maximum atomic E-state index is 11.6. The highest BCUT2D eigenvalue weighted by Crippen LogP contribution is 2.24. The summed E-state index contributed by atoms with van der Waals surface area (Å²) in [5, 5.41) is 3.26. The van der Waals surface area contributed by atoms with Crippen LogP contribution in [-0.4, -0.2) is 11.4 Å². The summed E-state index contributed by atoms with van der Waals surface area (Å²) in [7, 11) is 0. The lowest BCUT2D eigenvalue weighted by atomic mass is 9.86. The molecule has 0 fully saturated rings. The van der Waals surface area contributed by atoms with Crippen molar-refractivity contribution in [3.05, 3.63) is 35.4 Å². The number of primary amides is 1. The highest BCUT2D eigenvalue weighted by molar-refractivity contribution is 5.81. The first-order valence-corrected chi connectivity index (χ1v) is 6.68. The largest absolute Gasteiger partial charge is 0.368 e. The van der Waals surface area contributed by atoms with Gasteiger partial charge in [0.05, 0.1) is 0 Å². The van der Waals surface area contributed by atoms with E-state index in [2.05, 4.69) is 38.2 Å². The number of nitrogens with one attached hydrogen (secondary N) is 1. The minimum atomic E-state index is -0.450. The topological polar surface area (TPSA) is 55.1 Å². The molecule has 0 spiro atoms. The number of hydrogen-bond donors (Lipinski definition) is 2. The predicted molar refractivity (Wildman–Crippen MR) is 80.0 cm³/mol. The van der Waals surface area contributed by atoms with Gasteiger partial charge in [0.25, 0.3) is 0 Å². The van der Waals surface area contributed by atoms with E-state index in [9.17, 15) is 4.79 Å². The lowest BCUT2D eigenvalue weighted by molar-refractivity contribution is -0.120. The Morgan fingerprint density at radius 2 is 1.53 bits per heavy atom. The molecule has 3 N–H and O–H groups in total. The van der Waals surface area contributed by atoms with E-state index in [1.54, 1.807) is 0 Å². The van der Waals surface area contributed by atoms with Gasteiger partial charge >= 0.3 is 0 Å². The molecule has 0 aromatic heterocycles. The lowest BCUT2D eigenvalue weighted by Crippen LogP contribution is -2.44. The molecular formula is C16H26N2O. The first-order chi connectivity index (χ1) is 8.50. The molecule has 0 heterocycles. The standard InChI is InChI=1S/C16H26N2O/c1-15(2,3)12-9-7-11(8-10-12)13(14(17)19)18-16(4,5)6/h7-10,13,18H,1-6H3,(H2,17,19). The van der Waals surface area contributed by atoms with E-state index in [0.717, 1.165) is 5.56 Å². The van der Waals surface area contributed by atoms with Crippen LogP contribution >= 0.6 is 0 Å². The molecule has 106 valence electrons. The van der Waals surface area contributed by atoms with E-state index in [-0.39, 0.29) is 16.9 Å². The third-order valence-electron chi connectivity index (χ3n) is 2.97. The fourth-order valence-electron chi connectivity index (χ4n) is 1.93. The Hall–Kier alpha value is -1.35. The zero-order valence-corrected chi connectivity index (χ0v) is 12.9. The van der Waals surface area contributed by atoms with Crippen molar-refractivity contribution in [1.82, 2.24) is 5.32 Å². The normalized spacial score (nSPS) is 14.2. The number of amides is 1. The third-order valence-corrected chi connectivity index (χ3v) is 2.97. The maximum absolute atomic E-state index is 11.6. The maximum Gasteiger partial charge on any atom is 0.239 e. The average Bonchev–Trinajstić information content (AvgIpc) is 2.23. The van der Waals surface area contributed by atoms with Crippen molar-refractivity contribution in [2.45, 2.75) is 58.5 Å². The van der Waals surface area contributed by atoms with E-state index >= 15 is 0 Å². The molecule has 0 aliphatic carbocycles. The van der Waals surface area contributed by atoms with Gasteiger partial charge in [-0.3, -0.25) is 10.1 Å². The predicted octanol–water partition coefficient (Wildman–Crippen LogP) is 2.90. The van der Waals surface area contributed by atoms with Gasteiger partial charge in [0.15, 0.2) is 0 Å². The van der Waals surface area contributed by atoms with E-state index < -0.39 is 6.04 Å². The summed E-state index contributed by atoms with van der Waals surface area (Å²) >= 11 is 0. The monoisotopic (exact) mass is 262 g/mol. The molecule has 1 rings (SSSR count). The number of benzene rings is 1. The summed E-state index contributed by atoms with van der Waals surface area (Å²) in [6.45, 7) is 12.6. The Labute approximate surface area is 116 Å². The first kappa shape index (κ1) is 15.7. The molecule has 0 aliphatic rings. The average molecular weight is 262 g/mol. The van der Waals surface area contributed by atoms with E-state index in [4.69, 9.17) is 5.73 Å². The summed E-state index contributed by atoms with van der Waals surface area (Å²) in [6.07, 6.45) is 0. The minimum absolute atomic E-state index is 0.109. The Kier molecular flexibility index (Phi) is 4.41. The molecular weight excluding hydrogens is 236 g/mol. The first-order valence-electron chi connectivity index (χ1n) is 6.68. The van der Waals surface area contributed by atoms with Crippen molar-refractivity contribution in [2.75, 3.05) is 0 Å². The quantitative estimate of drug-likeness (QED) is 0.880. The van der Waals surface area contributed by atoms with Crippen molar-refractivity contribution in [3.8, 4) is 0 Å². The van der Waals surface area contributed by atoms with Crippen LogP contribution in [-0.2, 0) is 10.2 Å². The molecule has 3 heteroatoms. The van der Waals surface area contributed by atoms with Crippen molar-refractivity contribution in [2.24, 2.45) is 5.73 Å². The molecule has 3 nitrogen and oxygen atoms in total. The van der Waals surface area contributed by atoms with Gasteiger partial charge in [-0.05, 0) is 37.3 Å². The van der Waals surface area contributed by atoms with Crippen LogP contribution in [0.1, 0.15) is 58.7 Å². The van der Waals surface area contributed by atoms with Gasteiger partial charge in [0, 0.05) is 5.54 Å². The van der Waals surface area contributed by atoms with E-state index in [1.165, 1.54) is 5.56 Å². The highest BCUT2D eigenvalue weighted by atomic mass is 16.1. The number of hydrogen-bond acceptors (Lipinski definition) is 2. The zero-order valence-electron chi connectivity index (χ0n) is 12.9. The van der Waals surface area contributed by atoms with Gasteiger partial charge in [0.1, 0.15) is 6.04 Å². The van der Waals surface area contributed by atoms with Crippen LogP contribution in [0.5, 0.6) is 0 Å². The summed E-state index contributed by atoms with van der Waals surface area (Å²) < 4.78 is 0. The molecule has 1 aromatic carbocycles. The number of nitrogens with two attached hydrogens (primary N) is 1. The van der Waals surface area contributed by atoms with Crippen LogP contribution < -0.4 is 11.1 Å². The summed E-state index contributed by atoms with van der Waals surface area (Å²) in [5.41, 5.74) is 7.60. The smallest absolute Gasteiger partial charge is 0.239 e. The van der Waals surface area contributed by atoms with Crippen LogP contribution in [0.4, 0.5) is 0 Å². The second kappa shape index (κ2) is 5.33. The van der Waals surface area contributed by atoms with Crippen molar-refractivity contribution in [1.29, 1.82) is 0 Å². The second-order valence-corrected chi connectivity index (χ2v) is 7.10. The molecule has 1 atom stereocenters. The molecule has 0 radical (unpaired) electrons. The third kappa shape index (κ3) is 4.67. The fraction of sp³-hybridized carbons (Fsp3) is 0.562. The Balaban J connectivity index is 3.02. The minimum Gasteiger partial charge on any atom is -0.368 e.